The Kier molecular flexibility index (Phi) is 22.4. The molecule has 2 aliphatic rings. The summed E-state index contributed by atoms with van der Waals surface area (Å²) in [6.45, 7) is -0.221. The second-order valence-electron chi connectivity index (χ2n) is 21.5. The van der Waals surface area contributed by atoms with Gasteiger partial charge >= 0.3 is 59.1 Å². The van der Waals surface area contributed by atoms with Gasteiger partial charge in [0.15, 0.2) is 75.6 Å². The summed E-state index contributed by atoms with van der Waals surface area (Å²) in [4.78, 5) is 11.7. The molecule has 15 nitrogen and oxygen atoms in total. The summed E-state index contributed by atoms with van der Waals surface area (Å²) in [5, 5.41) is 0. The molecule has 2 saturated heterocycles. The van der Waals surface area contributed by atoms with Gasteiger partial charge in [0.2, 0.25) is 58.0 Å². The van der Waals surface area contributed by atoms with Gasteiger partial charge in [-0.05, 0) is 133 Å². The Morgan fingerprint density at radius 1 is 0.308 bits per heavy atom. The molecule has 0 amide bonds. The van der Waals surface area contributed by atoms with E-state index in [1.807, 2.05) is 0 Å². The normalized spacial score (nSPS) is 14.0. The predicted molar refractivity (Wildman–Crippen MR) is 307 cm³/mol. The molecule has 0 N–H and O–H groups in total. The van der Waals surface area contributed by atoms with Crippen LogP contribution >= 0.6 is 0 Å². The molecule has 0 aromatic heterocycles. The minimum absolute atomic E-state index is 0. The van der Waals surface area contributed by atoms with Crippen LogP contribution in [-0.2, 0) is 50.8 Å². The Hall–Kier alpha value is -8.53. The molecule has 2 fully saturated rings. The van der Waals surface area contributed by atoms with E-state index >= 15 is 35.1 Å². The summed E-state index contributed by atoms with van der Waals surface area (Å²) in [7, 11) is -11.1. The first kappa shape index (κ1) is 78.1. The van der Waals surface area contributed by atoms with Crippen LogP contribution in [0.1, 0.15) is 38.2 Å². The fourth-order valence-corrected chi connectivity index (χ4v) is 12.1. The van der Waals surface area contributed by atoms with Crippen molar-refractivity contribution in [2.75, 3.05) is 26.4 Å². The number of ether oxygens (including phenoxy) is 8. The fraction of sp³-hybridized carbons (Fsp3) is 0.0896. The quantitative estimate of drug-likeness (QED) is 0.0196. The number of rotatable bonds is 18. The molecule has 10 aromatic rings. The van der Waals surface area contributed by atoms with E-state index in [9.17, 15) is 74.6 Å². The first-order valence-electron chi connectivity index (χ1n) is 28.4. The van der Waals surface area contributed by atoms with Crippen molar-refractivity contribution in [3.8, 4) is 68.2 Å². The molecule has 0 atom stereocenters. The smallest absolute Gasteiger partial charge is 0.744 e. The molecule has 37 heteroatoms. The van der Waals surface area contributed by atoms with Crippen LogP contribution in [-0.4, -0.2) is 58.2 Å². The fourth-order valence-electron chi connectivity index (χ4n) is 10.8. The maximum absolute atomic E-state index is 15.3. The Bertz CT molecular complexity index is 4920. The van der Waals surface area contributed by atoms with Crippen molar-refractivity contribution in [2.24, 2.45) is 0 Å². The number of halogens is 18. The van der Waals surface area contributed by atoms with Crippen molar-refractivity contribution in [3.63, 3.8) is 0 Å². The second-order valence-corrected chi connectivity index (χ2v) is 24.2. The summed E-state index contributed by atoms with van der Waals surface area (Å²) in [6.07, 6.45) is 0. The molecule has 2 aliphatic heterocycles. The molecule has 0 spiro atoms. The van der Waals surface area contributed by atoms with Crippen LogP contribution in [0.2, 0.25) is 0 Å². The van der Waals surface area contributed by atoms with Crippen LogP contribution in [0.5, 0.6) is 46.0 Å². The molecule has 0 unspecified atom stereocenters. The van der Waals surface area contributed by atoms with E-state index in [4.69, 9.17) is 37.9 Å². The maximum atomic E-state index is 15.3. The summed E-state index contributed by atoms with van der Waals surface area (Å²) in [6, 6.07) is 24.0. The van der Waals surface area contributed by atoms with Gasteiger partial charge < -0.3 is 47.0 Å². The third-order valence-corrected chi connectivity index (χ3v) is 17.3. The molecule has 2 heterocycles. The van der Waals surface area contributed by atoms with Crippen LogP contribution in [0.3, 0.4) is 0 Å². The number of ketones is 1. The molecule has 0 saturated carbocycles. The van der Waals surface area contributed by atoms with E-state index in [0.29, 0.717) is 12.1 Å². The molecule has 104 heavy (non-hydrogen) atoms. The molecule has 0 aliphatic carbocycles. The first-order chi connectivity index (χ1) is 48.2. The van der Waals surface area contributed by atoms with Crippen molar-refractivity contribution < 1.29 is 207 Å². The molecule has 10 aromatic carbocycles. The van der Waals surface area contributed by atoms with Crippen LogP contribution in [0.4, 0.5) is 79.0 Å². The van der Waals surface area contributed by atoms with Gasteiger partial charge in [-0.25, -0.2) is 78.3 Å². The zero-order chi connectivity index (χ0) is 73.6. The molecule has 528 valence electrons. The SMILES string of the molecule is O=C(c1ccc(Oc2ccc(C3(c4ccc(Oc5c(F)c(F)c(-c6c(F)c(F)c(F)c(F)c6F)c(F)c5F)cc4)OCCO3)cc2)c(S(=O)(=O)[O-])c1)c1ccc(Oc2ccc(C3(c4ccc(Oc5c(F)c(F)c(-c6c(F)c(F)c(F)c(F)c6F)c(F)c5F)cc4)OCCO3)cc2)c(S(=O)(=O)[O-])c1.[Na+].[Na+]. The van der Waals surface area contributed by atoms with Gasteiger partial charge in [-0.15, -0.1) is 0 Å². The second kappa shape index (κ2) is 29.8. The van der Waals surface area contributed by atoms with Crippen molar-refractivity contribution in [1.82, 2.24) is 0 Å². The minimum Gasteiger partial charge on any atom is -0.744 e. The van der Waals surface area contributed by atoms with Crippen molar-refractivity contribution in [3.05, 3.63) is 272 Å². The van der Waals surface area contributed by atoms with Crippen LogP contribution in [0.15, 0.2) is 143 Å². The van der Waals surface area contributed by atoms with Crippen LogP contribution in [0, 0.1) is 105 Å². The van der Waals surface area contributed by atoms with Gasteiger partial charge in [-0.3, -0.25) is 4.79 Å². The summed E-state index contributed by atoms with van der Waals surface area (Å²) < 4.78 is 384. The number of carbonyl (C=O) groups excluding carboxylic acids is 1. The van der Waals surface area contributed by atoms with E-state index in [2.05, 4.69) is 0 Å². The summed E-state index contributed by atoms with van der Waals surface area (Å²) in [5.74, 6) is -58.6. The van der Waals surface area contributed by atoms with Crippen LogP contribution in [0.25, 0.3) is 22.3 Å². The third kappa shape index (κ3) is 13.9. The third-order valence-electron chi connectivity index (χ3n) is 15.5. The van der Waals surface area contributed by atoms with Gasteiger partial charge in [-0.1, -0.05) is 0 Å². The van der Waals surface area contributed by atoms with Gasteiger partial charge in [0, 0.05) is 33.4 Å². The summed E-state index contributed by atoms with van der Waals surface area (Å²) in [5.41, 5.74) is -9.67. The number of hydrogen-bond donors (Lipinski definition) is 0. The van der Waals surface area contributed by atoms with E-state index in [1.165, 1.54) is 72.8 Å². The maximum Gasteiger partial charge on any atom is 1.00 e. The minimum atomic E-state index is -5.53. The monoisotopic (exact) mass is 1530 g/mol. The number of benzene rings is 10. The molecule has 0 radical (unpaired) electrons. The largest absolute Gasteiger partial charge is 1.00 e. The zero-order valence-electron chi connectivity index (χ0n) is 51.8. The van der Waals surface area contributed by atoms with Gasteiger partial charge in [0.1, 0.15) is 54.7 Å². The summed E-state index contributed by atoms with van der Waals surface area (Å²) >= 11 is 0. The Balaban J connectivity index is 0.00000580. The van der Waals surface area contributed by atoms with Gasteiger partial charge in [-0.2, -0.15) is 17.6 Å². The Labute approximate surface area is 616 Å². The topological polar surface area (TPSA) is 205 Å². The van der Waals surface area contributed by atoms with Gasteiger partial charge in [0.05, 0.1) is 58.5 Å². The van der Waals surface area contributed by atoms with E-state index < -0.39 is 220 Å². The molecular formula is C67H30F18Na2O15S2. The van der Waals surface area contributed by atoms with Gasteiger partial charge in [0.25, 0.3) is 0 Å². The Morgan fingerprint density at radius 2 is 0.519 bits per heavy atom. The van der Waals surface area contributed by atoms with E-state index in [0.717, 1.165) is 48.5 Å². The number of carbonyl (C=O) groups is 1. The Morgan fingerprint density at radius 3 is 0.750 bits per heavy atom. The first-order valence-corrected chi connectivity index (χ1v) is 31.2. The molecular weight excluding hydrogens is 1500 g/mol. The average molecular weight is 1530 g/mol. The average Bonchev–Trinajstić information content (AvgIpc) is 1.00. The van der Waals surface area contributed by atoms with Crippen molar-refractivity contribution in [2.45, 2.75) is 21.4 Å². The molecule has 0 bridgehead atoms. The van der Waals surface area contributed by atoms with E-state index in [1.54, 1.807) is 0 Å². The van der Waals surface area contributed by atoms with E-state index in [-0.39, 0.29) is 119 Å². The molecule has 12 rings (SSSR count). The number of hydrogen-bond acceptors (Lipinski definition) is 15. The van der Waals surface area contributed by atoms with Crippen LogP contribution < -0.4 is 78.1 Å². The zero-order valence-corrected chi connectivity index (χ0v) is 57.4. The predicted octanol–water partition coefficient (Wildman–Crippen LogP) is 10.2. The van der Waals surface area contributed by atoms with Crippen molar-refractivity contribution in [1.29, 1.82) is 0 Å². The van der Waals surface area contributed by atoms with Crippen molar-refractivity contribution >= 4 is 26.0 Å². The standard InChI is InChI=1S/C67H32F18O15S2.2Na/c68-45-41(46(69)54(77)57(80)53(45)76)43-49(72)59(82)64(60(83)50(43)73)99-35-15-7-31(8-16-35)66(93-21-22-94-66)29-3-11-33(12-4-29)97-37-19-1-27(25-39(37)101(87,88)89)63(86)28-2-20-38(40(26-28)102(90,91)92)98-34-13-5-30(6-14-34)67(95-23-24-96-67)32-9-17-36(18-10-32)100-65-61(84)51(74)44(52(75)62(65)85)42-47(70)55(78)58(81)56(79)48(42)71;;/h1-20,25-26H,21-24H2,(H,87,88,89)(H,90,91,92);;/q;2*+1/p-2.